The summed E-state index contributed by atoms with van der Waals surface area (Å²) in [4.78, 5) is 0. The van der Waals surface area contributed by atoms with E-state index in [1.807, 2.05) is 0 Å². The molecule has 1 aromatic rings. The van der Waals surface area contributed by atoms with Gasteiger partial charge in [-0.3, -0.25) is 0 Å². The Bertz CT molecular complexity index is 369. The van der Waals surface area contributed by atoms with E-state index in [4.69, 9.17) is 5.73 Å². The fourth-order valence-electron chi connectivity index (χ4n) is 2.63. The van der Waals surface area contributed by atoms with E-state index in [0.29, 0.717) is 18.2 Å². The summed E-state index contributed by atoms with van der Waals surface area (Å²) in [6.07, 6.45) is 5.95. The topological polar surface area (TPSA) is 38.0 Å². The van der Waals surface area contributed by atoms with Crippen molar-refractivity contribution in [2.24, 2.45) is 5.73 Å². The maximum absolute atomic E-state index is 13.2. The lowest BCUT2D eigenvalue weighted by Crippen LogP contribution is -2.38. The van der Waals surface area contributed by atoms with Crippen LogP contribution in [0.25, 0.3) is 0 Å². The van der Waals surface area contributed by atoms with E-state index in [0.717, 1.165) is 18.9 Å². The minimum absolute atomic E-state index is 0.168. The molecule has 0 heterocycles. The average Bonchev–Trinajstić information content (AvgIpc) is 2.36. The summed E-state index contributed by atoms with van der Waals surface area (Å²) in [5.41, 5.74) is 6.31. The van der Waals surface area contributed by atoms with Crippen molar-refractivity contribution in [3.8, 4) is 0 Å². The molecule has 1 aromatic carbocycles. The second-order valence-electron chi connectivity index (χ2n) is 4.99. The highest BCUT2D eigenvalue weighted by molar-refractivity contribution is 5.22. The Hall–Kier alpha value is -1.00. The third kappa shape index (κ3) is 3.50. The van der Waals surface area contributed by atoms with Gasteiger partial charge in [0.25, 0.3) is 0 Å². The van der Waals surface area contributed by atoms with Crippen molar-refractivity contribution in [1.82, 2.24) is 5.32 Å². The van der Waals surface area contributed by atoms with Gasteiger partial charge in [-0.05, 0) is 30.5 Å². The van der Waals surface area contributed by atoms with Gasteiger partial charge in [-0.2, -0.15) is 0 Å². The molecule has 0 spiro atoms. The second-order valence-corrected chi connectivity index (χ2v) is 4.99. The Labute approximate surface area is 107 Å². The molecule has 0 saturated heterocycles. The highest BCUT2D eigenvalue weighted by Gasteiger charge is 2.19. The number of nitrogens with two attached hydrogens (primary N) is 1. The van der Waals surface area contributed by atoms with Crippen LogP contribution >= 0.6 is 0 Å². The largest absolute Gasteiger partial charge is 0.329 e. The highest BCUT2D eigenvalue weighted by Crippen LogP contribution is 2.22. The number of halogens is 2. The van der Waals surface area contributed by atoms with Gasteiger partial charge in [0.15, 0.2) is 0 Å². The predicted molar refractivity (Wildman–Crippen MR) is 68.2 cm³/mol. The maximum Gasteiger partial charge on any atom is 0.126 e. The standard InChI is InChI=1S/C14H20F2N2/c15-11-6-10(7-12(16)8-11)14(9-17)18-13-4-2-1-3-5-13/h6-8,13-14,18H,1-5,9,17H2. The molecule has 4 heteroatoms. The average molecular weight is 254 g/mol. The molecule has 18 heavy (non-hydrogen) atoms. The van der Waals surface area contributed by atoms with Crippen LogP contribution in [-0.4, -0.2) is 12.6 Å². The fraction of sp³-hybridized carbons (Fsp3) is 0.571. The zero-order valence-electron chi connectivity index (χ0n) is 10.5. The van der Waals surface area contributed by atoms with Crippen LogP contribution in [0.3, 0.4) is 0 Å². The minimum Gasteiger partial charge on any atom is -0.329 e. The van der Waals surface area contributed by atoms with E-state index in [1.54, 1.807) is 0 Å². The Morgan fingerprint density at radius 3 is 2.28 bits per heavy atom. The van der Waals surface area contributed by atoms with Gasteiger partial charge in [0.1, 0.15) is 11.6 Å². The van der Waals surface area contributed by atoms with Crippen LogP contribution in [0, 0.1) is 11.6 Å². The lowest BCUT2D eigenvalue weighted by Gasteiger charge is -2.28. The molecule has 1 atom stereocenters. The van der Waals surface area contributed by atoms with E-state index in [2.05, 4.69) is 5.32 Å². The SMILES string of the molecule is NCC(NC1CCCCC1)c1cc(F)cc(F)c1. The smallest absolute Gasteiger partial charge is 0.126 e. The number of rotatable bonds is 4. The molecule has 0 radical (unpaired) electrons. The van der Waals surface area contributed by atoms with E-state index < -0.39 is 11.6 Å². The predicted octanol–water partition coefficient (Wildman–Crippen LogP) is 2.89. The Kier molecular flexibility index (Phi) is 4.66. The van der Waals surface area contributed by atoms with Crippen molar-refractivity contribution in [3.63, 3.8) is 0 Å². The van der Waals surface area contributed by atoms with Gasteiger partial charge < -0.3 is 11.1 Å². The molecule has 0 bridgehead atoms. The lowest BCUT2D eigenvalue weighted by atomic mass is 9.94. The summed E-state index contributed by atoms with van der Waals surface area (Å²) < 4.78 is 26.4. The van der Waals surface area contributed by atoms with Crippen molar-refractivity contribution in [3.05, 3.63) is 35.4 Å². The summed E-state index contributed by atoms with van der Waals surface area (Å²) in [6.45, 7) is 0.347. The van der Waals surface area contributed by atoms with Crippen LogP contribution < -0.4 is 11.1 Å². The highest BCUT2D eigenvalue weighted by atomic mass is 19.1. The normalized spacial score (nSPS) is 18.8. The summed E-state index contributed by atoms with van der Waals surface area (Å²) in [7, 11) is 0. The van der Waals surface area contributed by atoms with Crippen molar-refractivity contribution < 1.29 is 8.78 Å². The van der Waals surface area contributed by atoms with Crippen molar-refractivity contribution in [2.75, 3.05) is 6.54 Å². The van der Waals surface area contributed by atoms with Crippen LogP contribution in [0.1, 0.15) is 43.7 Å². The Morgan fingerprint density at radius 1 is 1.11 bits per heavy atom. The van der Waals surface area contributed by atoms with E-state index in [1.165, 1.54) is 31.4 Å². The molecule has 2 rings (SSSR count). The first kappa shape index (κ1) is 13.4. The molecular formula is C14H20F2N2. The van der Waals surface area contributed by atoms with Crippen molar-refractivity contribution >= 4 is 0 Å². The summed E-state index contributed by atoms with van der Waals surface area (Å²) in [5.74, 6) is -1.09. The molecule has 2 nitrogen and oxygen atoms in total. The van der Waals surface area contributed by atoms with Crippen molar-refractivity contribution in [1.29, 1.82) is 0 Å². The maximum atomic E-state index is 13.2. The fourth-order valence-corrected chi connectivity index (χ4v) is 2.63. The van der Waals surface area contributed by atoms with Crippen LogP contribution in [0.4, 0.5) is 8.78 Å². The van der Waals surface area contributed by atoms with Gasteiger partial charge in [0.05, 0.1) is 0 Å². The molecule has 3 N–H and O–H groups in total. The van der Waals surface area contributed by atoms with Gasteiger partial charge in [-0.15, -0.1) is 0 Å². The van der Waals surface area contributed by atoms with Gasteiger partial charge in [0.2, 0.25) is 0 Å². The first-order chi connectivity index (χ1) is 8.69. The van der Waals surface area contributed by atoms with Gasteiger partial charge in [-0.1, -0.05) is 19.3 Å². The van der Waals surface area contributed by atoms with E-state index in [9.17, 15) is 8.78 Å². The summed E-state index contributed by atoms with van der Waals surface area (Å²) in [5, 5.41) is 3.42. The molecule has 1 aliphatic carbocycles. The molecule has 1 aliphatic rings. The Balaban J connectivity index is 2.06. The van der Waals surface area contributed by atoms with Crippen LogP contribution in [0.2, 0.25) is 0 Å². The molecule has 0 aliphatic heterocycles. The van der Waals surface area contributed by atoms with E-state index >= 15 is 0 Å². The third-order valence-corrected chi connectivity index (χ3v) is 3.57. The second kappa shape index (κ2) is 6.25. The van der Waals surface area contributed by atoms with Crippen LogP contribution in [0.15, 0.2) is 18.2 Å². The number of nitrogens with one attached hydrogen (secondary N) is 1. The molecular weight excluding hydrogens is 234 g/mol. The number of hydrogen-bond donors (Lipinski definition) is 2. The zero-order valence-corrected chi connectivity index (χ0v) is 10.5. The molecule has 100 valence electrons. The zero-order chi connectivity index (χ0) is 13.0. The molecule has 1 unspecified atom stereocenters. The third-order valence-electron chi connectivity index (χ3n) is 3.57. The summed E-state index contributed by atoms with van der Waals surface area (Å²) >= 11 is 0. The number of benzene rings is 1. The molecule has 1 fully saturated rings. The quantitative estimate of drug-likeness (QED) is 0.867. The first-order valence-corrected chi connectivity index (χ1v) is 6.61. The summed E-state index contributed by atoms with van der Waals surface area (Å²) in [6, 6.07) is 3.85. The van der Waals surface area contributed by atoms with E-state index in [-0.39, 0.29) is 6.04 Å². The van der Waals surface area contributed by atoms with Crippen LogP contribution in [-0.2, 0) is 0 Å². The molecule has 0 amide bonds. The number of hydrogen-bond acceptors (Lipinski definition) is 2. The van der Waals surface area contributed by atoms with Gasteiger partial charge in [-0.25, -0.2) is 8.78 Å². The minimum atomic E-state index is -0.547. The van der Waals surface area contributed by atoms with Crippen LogP contribution in [0.5, 0.6) is 0 Å². The molecule has 0 aromatic heterocycles. The first-order valence-electron chi connectivity index (χ1n) is 6.61. The Morgan fingerprint density at radius 2 is 1.72 bits per heavy atom. The van der Waals surface area contributed by atoms with Crippen molar-refractivity contribution in [2.45, 2.75) is 44.2 Å². The molecule has 1 saturated carbocycles. The monoisotopic (exact) mass is 254 g/mol. The lowest BCUT2D eigenvalue weighted by molar-refractivity contribution is 0.339. The van der Waals surface area contributed by atoms with Gasteiger partial charge >= 0.3 is 0 Å². The van der Waals surface area contributed by atoms with Gasteiger partial charge in [0, 0.05) is 24.7 Å².